The fraction of sp³-hybridized carbons (Fsp3) is 0.909. The molecule has 0 aromatic rings. The van der Waals surface area contributed by atoms with Crippen LogP contribution in [0.15, 0.2) is 0 Å². The van der Waals surface area contributed by atoms with Crippen molar-refractivity contribution < 1.29 is 9.28 Å². The first-order valence-corrected chi connectivity index (χ1v) is 5.58. The van der Waals surface area contributed by atoms with Crippen molar-refractivity contribution >= 4 is 5.91 Å². The van der Waals surface area contributed by atoms with Crippen molar-refractivity contribution in [3.8, 4) is 0 Å². The first kappa shape index (κ1) is 11.5. The molecule has 1 fully saturated rings. The minimum absolute atomic E-state index is 0.227. The number of hydrogen-bond acceptors (Lipinski definition) is 1. The van der Waals surface area contributed by atoms with Crippen LogP contribution >= 0.6 is 0 Å². The normalized spacial score (nSPS) is 25.9. The van der Waals surface area contributed by atoms with E-state index in [1.54, 1.807) is 0 Å². The van der Waals surface area contributed by atoms with Crippen LogP contribution < -0.4 is 5.32 Å². The molecule has 1 saturated heterocycles. The van der Waals surface area contributed by atoms with Gasteiger partial charge in [-0.15, -0.1) is 0 Å². The third-order valence-electron chi connectivity index (χ3n) is 3.07. The summed E-state index contributed by atoms with van der Waals surface area (Å²) in [6.07, 6.45) is 5.45. The number of amides is 1. The zero-order chi connectivity index (χ0) is 10.6. The molecule has 3 nitrogen and oxygen atoms in total. The highest BCUT2D eigenvalue weighted by atomic mass is 16.1. The number of nitrogens with zero attached hydrogens (tertiary/aromatic N) is 1. The van der Waals surface area contributed by atoms with E-state index in [2.05, 4.69) is 26.5 Å². The lowest BCUT2D eigenvalue weighted by Gasteiger charge is -2.34. The Labute approximate surface area is 87.1 Å². The maximum Gasteiger partial charge on any atom is 0.220 e. The molecule has 1 atom stereocenters. The zero-order valence-corrected chi connectivity index (χ0v) is 9.68. The summed E-state index contributed by atoms with van der Waals surface area (Å²) in [5.74, 6) is 0.227. The van der Waals surface area contributed by atoms with Crippen LogP contribution in [0.4, 0.5) is 0 Å². The number of carbonyl (C=O) groups excluding carboxylic acids is 1. The molecule has 1 heterocycles. The summed E-state index contributed by atoms with van der Waals surface area (Å²) < 4.78 is 0.945. The molecule has 0 saturated carbocycles. The maximum absolute atomic E-state index is 11.3. The third-order valence-corrected chi connectivity index (χ3v) is 3.07. The summed E-state index contributed by atoms with van der Waals surface area (Å²) in [4.78, 5) is 11.3. The Bertz CT molecular complexity index is 196. The van der Waals surface area contributed by atoms with Gasteiger partial charge in [0.25, 0.3) is 0 Å². The summed E-state index contributed by atoms with van der Waals surface area (Å²) in [5, 5.41) is 3.03. The Morgan fingerprint density at radius 3 is 2.57 bits per heavy atom. The molecule has 1 amide bonds. The van der Waals surface area contributed by atoms with E-state index in [0.717, 1.165) is 17.4 Å². The van der Waals surface area contributed by atoms with Crippen molar-refractivity contribution in [2.45, 2.75) is 38.1 Å². The van der Waals surface area contributed by atoms with Crippen LogP contribution in [0.5, 0.6) is 0 Å². The van der Waals surface area contributed by atoms with E-state index in [1.165, 1.54) is 19.3 Å². The van der Waals surface area contributed by atoms with Gasteiger partial charge in [0.05, 0.1) is 27.7 Å². The molecule has 1 N–H and O–H groups in total. The Morgan fingerprint density at radius 1 is 1.21 bits per heavy atom. The summed E-state index contributed by atoms with van der Waals surface area (Å²) in [6, 6.07) is 0.567. The van der Waals surface area contributed by atoms with Crippen LogP contribution in [0, 0.1) is 0 Å². The van der Waals surface area contributed by atoms with Gasteiger partial charge in [0.15, 0.2) is 0 Å². The second-order valence-corrected chi connectivity index (χ2v) is 5.17. The van der Waals surface area contributed by atoms with E-state index in [9.17, 15) is 4.79 Å². The van der Waals surface area contributed by atoms with Gasteiger partial charge in [-0.25, -0.2) is 0 Å². The Kier molecular flexibility index (Phi) is 3.93. The van der Waals surface area contributed by atoms with Gasteiger partial charge in [-0.1, -0.05) is 6.42 Å². The molecule has 0 aromatic carbocycles. The molecule has 3 heteroatoms. The van der Waals surface area contributed by atoms with Gasteiger partial charge in [0.2, 0.25) is 5.91 Å². The maximum atomic E-state index is 11.3. The molecule has 1 aliphatic rings. The molecule has 1 rings (SSSR count). The van der Waals surface area contributed by atoms with Gasteiger partial charge in [-0.05, 0) is 12.8 Å². The number of quaternary nitrogens is 1. The quantitative estimate of drug-likeness (QED) is 0.630. The van der Waals surface area contributed by atoms with Gasteiger partial charge in [-0.3, -0.25) is 4.79 Å². The van der Waals surface area contributed by atoms with E-state index in [0.29, 0.717) is 12.5 Å². The number of nitrogens with one attached hydrogen (secondary N) is 1. The van der Waals surface area contributed by atoms with Crippen molar-refractivity contribution in [1.29, 1.82) is 0 Å². The van der Waals surface area contributed by atoms with E-state index in [-0.39, 0.29) is 5.91 Å². The molecule has 0 aliphatic carbocycles. The van der Waals surface area contributed by atoms with Crippen molar-refractivity contribution in [3.05, 3.63) is 0 Å². The largest absolute Gasteiger partial charge is 0.350 e. The fourth-order valence-corrected chi connectivity index (χ4v) is 1.93. The average molecular weight is 199 g/mol. The topological polar surface area (TPSA) is 29.1 Å². The molecular formula is C11H23N2O+. The van der Waals surface area contributed by atoms with Crippen molar-refractivity contribution in [3.63, 3.8) is 0 Å². The van der Waals surface area contributed by atoms with Gasteiger partial charge >= 0.3 is 0 Å². The van der Waals surface area contributed by atoms with Crippen LogP contribution in [0.2, 0.25) is 0 Å². The summed E-state index contributed by atoms with van der Waals surface area (Å²) in [7, 11) is 6.61. The van der Waals surface area contributed by atoms with Gasteiger partial charge in [0, 0.05) is 12.8 Å². The average Bonchev–Trinajstić information content (AvgIpc) is 2.15. The van der Waals surface area contributed by atoms with Gasteiger partial charge < -0.3 is 9.80 Å². The molecule has 82 valence electrons. The minimum atomic E-state index is 0.227. The van der Waals surface area contributed by atoms with E-state index < -0.39 is 0 Å². The third kappa shape index (κ3) is 3.66. The van der Waals surface area contributed by atoms with E-state index >= 15 is 0 Å². The first-order chi connectivity index (χ1) is 6.50. The molecular weight excluding hydrogens is 176 g/mol. The molecule has 14 heavy (non-hydrogen) atoms. The molecule has 0 unspecified atom stereocenters. The van der Waals surface area contributed by atoms with E-state index in [4.69, 9.17) is 0 Å². The summed E-state index contributed by atoms with van der Waals surface area (Å²) >= 11 is 0. The highest BCUT2D eigenvalue weighted by Gasteiger charge is 2.24. The van der Waals surface area contributed by atoms with Gasteiger partial charge in [-0.2, -0.15) is 0 Å². The molecule has 1 aliphatic heterocycles. The second kappa shape index (κ2) is 4.78. The lowest BCUT2D eigenvalue weighted by atomic mass is 10.1. The first-order valence-electron chi connectivity index (χ1n) is 5.58. The van der Waals surface area contributed by atoms with Crippen LogP contribution in [0.1, 0.15) is 32.1 Å². The van der Waals surface area contributed by atoms with Crippen LogP contribution in [-0.4, -0.2) is 44.1 Å². The minimum Gasteiger partial charge on any atom is -0.350 e. The highest BCUT2D eigenvalue weighted by Crippen LogP contribution is 2.14. The second-order valence-electron chi connectivity index (χ2n) is 5.17. The number of likely N-dealkylation sites (N-methyl/N-ethyl adjacent to an activating group) is 1. The number of rotatable bonds is 1. The lowest BCUT2D eigenvalue weighted by Crippen LogP contribution is -2.50. The highest BCUT2D eigenvalue weighted by molar-refractivity contribution is 5.75. The summed E-state index contributed by atoms with van der Waals surface area (Å²) in [5.41, 5.74) is 0. The van der Waals surface area contributed by atoms with Crippen molar-refractivity contribution in [2.75, 3.05) is 27.7 Å². The van der Waals surface area contributed by atoms with E-state index in [1.807, 2.05) is 0 Å². The molecule has 0 spiro atoms. The van der Waals surface area contributed by atoms with Crippen LogP contribution in [-0.2, 0) is 4.79 Å². The summed E-state index contributed by atoms with van der Waals surface area (Å²) in [6.45, 7) is 0.836. The monoisotopic (exact) mass is 199 g/mol. The Balaban J connectivity index is 2.53. The predicted molar refractivity (Wildman–Crippen MR) is 57.9 cm³/mol. The standard InChI is InChI=1S/C11H22N2O/c1-13(2,3)10-7-5-4-6-8-11(14)12-9-10/h10H,4-9H2,1-3H3/p+1/t10-/m0/s1. The Morgan fingerprint density at radius 2 is 1.93 bits per heavy atom. The SMILES string of the molecule is C[N+](C)(C)[C@H]1CCCCCC(=O)NC1. The lowest BCUT2D eigenvalue weighted by molar-refractivity contribution is -0.895. The molecule has 0 aromatic heterocycles. The van der Waals surface area contributed by atoms with Crippen molar-refractivity contribution in [2.24, 2.45) is 0 Å². The zero-order valence-electron chi connectivity index (χ0n) is 9.68. The molecule has 0 radical (unpaired) electrons. The smallest absolute Gasteiger partial charge is 0.220 e. The number of carbonyl (C=O) groups is 1. The van der Waals surface area contributed by atoms with Crippen LogP contribution in [0.25, 0.3) is 0 Å². The predicted octanol–water partition coefficient (Wildman–Crippen LogP) is 1.14. The Hall–Kier alpha value is -0.570. The number of hydrogen-bond donors (Lipinski definition) is 1. The van der Waals surface area contributed by atoms with Gasteiger partial charge in [0.1, 0.15) is 6.04 Å². The molecule has 0 bridgehead atoms. The van der Waals surface area contributed by atoms with Crippen LogP contribution in [0.3, 0.4) is 0 Å². The fourth-order valence-electron chi connectivity index (χ4n) is 1.93. The van der Waals surface area contributed by atoms with Crippen molar-refractivity contribution in [1.82, 2.24) is 5.32 Å².